The first-order valence-electron chi connectivity index (χ1n) is 4.32. The molecule has 1 atom stereocenters. The van der Waals surface area contributed by atoms with E-state index < -0.39 is 5.97 Å². The highest BCUT2D eigenvalue weighted by Gasteiger charge is 2.06. The SMILES string of the molecule is C[C@@H](CCCCC=O)CC(=O)O. The van der Waals surface area contributed by atoms with Crippen molar-refractivity contribution in [3.05, 3.63) is 0 Å². The molecule has 0 aromatic carbocycles. The van der Waals surface area contributed by atoms with E-state index in [2.05, 4.69) is 0 Å². The Balaban J connectivity index is 3.24. The molecule has 0 spiro atoms. The lowest BCUT2D eigenvalue weighted by molar-refractivity contribution is -0.138. The van der Waals surface area contributed by atoms with Crippen LogP contribution in [-0.4, -0.2) is 17.4 Å². The molecule has 0 radical (unpaired) electrons. The number of unbranched alkanes of at least 4 members (excludes halogenated alkanes) is 2. The molecule has 0 aliphatic rings. The lowest BCUT2D eigenvalue weighted by atomic mass is 10.0. The maximum absolute atomic E-state index is 10.2. The molecular formula is C9H16O3. The van der Waals surface area contributed by atoms with Crippen molar-refractivity contribution in [3.8, 4) is 0 Å². The summed E-state index contributed by atoms with van der Waals surface area (Å²) in [5, 5.41) is 8.43. The lowest BCUT2D eigenvalue weighted by Gasteiger charge is -2.06. The van der Waals surface area contributed by atoms with Gasteiger partial charge in [0.15, 0.2) is 0 Å². The van der Waals surface area contributed by atoms with Crippen molar-refractivity contribution in [2.75, 3.05) is 0 Å². The summed E-state index contributed by atoms with van der Waals surface area (Å²) in [4.78, 5) is 20.2. The summed E-state index contributed by atoms with van der Waals surface area (Å²) in [7, 11) is 0. The van der Waals surface area contributed by atoms with Gasteiger partial charge in [-0.1, -0.05) is 19.8 Å². The Hall–Kier alpha value is -0.860. The van der Waals surface area contributed by atoms with Crippen LogP contribution in [0.3, 0.4) is 0 Å². The fourth-order valence-electron chi connectivity index (χ4n) is 1.12. The predicted octanol–water partition coefficient (Wildman–Crippen LogP) is 1.86. The third kappa shape index (κ3) is 7.25. The molecule has 0 aromatic heterocycles. The van der Waals surface area contributed by atoms with Gasteiger partial charge in [0.05, 0.1) is 0 Å². The molecule has 70 valence electrons. The first-order chi connectivity index (χ1) is 5.66. The second kappa shape index (κ2) is 6.83. The molecule has 0 rings (SSSR count). The first kappa shape index (κ1) is 11.1. The van der Waals surface area contributed by atoms with E-state index >= 15 is 0 Å². The molecule has 0 aliphatic carbocycles. The standard InChI is InChI=1S/C9H16O3/c1-8(7-9(11)12)5-3-2-4-6-10/h6,8H,2-5,7H2,1H3,(H,11,12)/t8-/m0/s1. The van der Waals surface area contributed by atoms with Crippen molar-refractivity contribution < 1.29 is 14.7 Å². The number of aliphatic carboxylic acids is 1. The molecule has 12 heavy (non-hydrogen) atoms. The van der Waals surface area contributed by atoms with Gasteiger partial charge in [0, 0.05) is 12.8 Å². The lowest BCUT2D eigenvalue weighted by Crippen LogP contribution is -2.03. The first-order valence-corrected chi connectivity index (χ1v) is 4.32. The molecule has 0 unspecified atom stereocenters. The Morgan fingerprint density at radius 3 is 2.67 bits per heavy atom. The molecule has 0 heterocycles. The minimum atomic E-state index is -0.738. The summed E-state index contributed by atoms with van der Waals surface area (Å²) in [6, 6.07) is 0. The summed E-state index contributed by atoms with van der Waals surface area (Å²) in [6.07, 6.45) is 4.48. The third-order valence-corrected chi connectivity index (χ3v) is 1.79. The van der Waals surface area contributed by atoms with E-state index in [-0.39, 0.29) is 12.3 Å². The van der Waals surface area contributed by atoms with Gasteiger partial charge in [-0.3, -0.25) is 4.79 Å². The fourth-order valence-corrected chi connectivity index (χ4v) is 1.12. The van der Waals surface area contributed by atoms with Crippen molar-refractivity contribution in [2.45, 2.75) is 39.0 Å². The highest BCUT2D eigenvalue weighted by molar-refractivity contribution is 5.66. The number of rotatable bonds is 7. The maximum atomic E-state index is 10.2. The van der Waals surface area contributed by atoms with E-state index in [1.807, 2.05) is 6.92 Å². The van der Waals surface area contributed by atoms with E-state index in [0.29, 0.717) is 6.42 Å². The molecule has 0 fully saturated rings. The minimum absolute atomic E-state index is 0.231. The Morgan fingerprint density at radius 2 is 2.17 bits per heavy atom. The molecule has 0 bridgehead atoms. The van der Waals surface area contributed by atoms with Gasteiger partial charge in [-0.2, -0.15) is 0 Å². The van der Waals surface area contributed by atoms with Crippen LogP contribution in [0.2, 0.25) is 0 Å². The number of carbonyl (C=O) groups is 2. The molecule has 3 heteroatoms. The van der Waals surface area contributed by atoms with Gasteiger partial charge in [0.25, 0.3) is 0 Å². The van der Waals surface area contributed by atoms with Gasteiger partial charge >= 0.3 is 5.97 Å². The quantitative estimate of drug-likeness (QED) is 0.471. The predicted molar refractivity (Wildman–Crippen MR) is 45.9 cm³/mol. The Bertz CT molecular complexity index is 143. The number of carbonyl (C=O) groups excluding carboxylic acids is 1. The van der Waals surface area contributed by atoms with E-state index in [9.17, 15) is 9.59 Å². The Labute approximate surface area is 72.8 Å². The molecule has 1 N–H and O–H groups in total. The zero-order valence-electron chi connectivity index (χ0n) is 7.45. The molecule has 3 nitrogen and oxygen atoms in total. The summed E-state index contributed by atoms with van der Waals surface area (Å²) < 4.78 is 0. The zero-order valence-corrected chi connectivity index (χ0v) is 7.45. The van der Waals surface area contributed by atoms with Crippen molar-refractivity contribution >= 4 is 12.3 Å². The average molecular weight is 172 g/mol. The molecule has 0 aromatic rings. The molecular weight excluding hydrogens is 156 g/mol. The van der Waals surface area contributed by atoms with Gasteiger partial charge in [-0.05, 0) is 12.3 Å². The summed E-state index contributed by atoms with van der Waals surface area (Å²) in [5.74, 6) is -0.507. The monoisotopic (exact) mass is 172 g/mol. The van der Waals surface area contributed by atoms with Gasteiger partial charge in [-0.25, -0.2) is 0 Å². The number of carboxylic acids is 1. The van der Waals surface area contributed by atoms with E-state index in [1.54, 1.807) is 0 Å². The van der Waals surface area contributed by atoms with E-state index in [1.165, 1.54) is 0 Å². The van der Waals surface area contributed by atoms with Crippen LogP contribution in [-0.2, 0) is 9.59 Å². The Kier molecular flexibility index (Phi) is 6.34. The summed E-state index contributed by atoms with van der Waals surface area (Å²) in [5.41, 5.74) is 0. The van der Waals surface area contributed by atoms with E-state index in [4.69, 9.17) is 5.11 Å². The van der Waals surface area contributed by atoms with Crippen LogP contribution in [0.1, 0.15) is 39.0 Å². The van der Waals surface area contributed by atoms with Crippen molar-refractivity contribution in [3.63, 3.8) is 0 Å². The number of hydrogen-bond donors (Lipinski definition) is 1. The fraction of sp³-hybridized carbons (Fsp3) is 0.778. The Morgan fingerprint density at radius 1 is 1.50 bits per heavy atom. The maximum Gasteiger partial charge on any atom is 0.303 e. The number of aldehydes is 1. The summed E-state index contributed by atoms with van der Waals surface area (Å²) >= 11 is 0. The van der Waals surface area contributed by atoms with Crippen LogP contribution in [0.25, 0.3) is 0 Å². The molecule has 0 amide bonds. The van der Waals surface area contributed by atoms with Crippen LogP contribution < -0.4 is 0 Å². The third-order valence-electron chi connectivity index (χ3n) is 1.79. The van der Waals surface area contributed by atoms with Crippen molar-refractivity contribution in [1.29, 1.82) is 0 Å². The average Bonchev–Trinajstić information content (AvgIpc) is 1.97. The van der Waals surface area contributed by atoms with Crippen molar-refractivity contribution in [1.82, 2.24) is 0 Å². The second-order valence-corrected chi connectivity index (χ2v) is 3.15. The zero-order chi connectivity index (χ0) is 9.40. The van der Waals surface area contributed by atoms with Gasteiger partial charge < -0.3 is 9.90 Å². The number of hydrogen-bond acceptors (Lipinski definition) is 2. The van der Waals surface area contributed by atoms with Gasteiger partial charge in [-0.15, -0.1) is 0 Å². The highest BCUT2D eigenvalue weighted by atomic mass is 16.4. The van der Waals surface area contributed by atoms with Gasteiger partial charge in [0.1, 0.15) is 6.29 Å². The molecule has 0 aliphatic heterocycles. The largest absolute Gasteiger partial charge is 0.481 e. The van der Waals surface area contributed by atoms with Crippen molar-refractivity contribution in [2.24, 2.45) is 5.92 Å². The van der Waals surface area contributed by atoms with Crippen LogP contribution in [0.4, 0.5) is 0 Å². The normalized spacial score (nSPS) is 12.4. The van der Waals surface area contributed by atoms with Gasteiger partial charge in [0.2, 0.25) is 0 Å². The molecule has 0 saturated carbocycles. The van der Waals surface area contributed by atoms with Crippen LogP contribution in [0.5, 0.6) is 0 Å². The van der Waals surface area contributed by atoms with Crippen LogP contribution in [0, 0.1) is 5.92 Å². The highest BCUT2D eigenvalue weighted by Crippen LogP contribution is 2.12. The van der Waals surface area contributed by atoms with Crippen LogP contribution in [0.15, 0.2) is 0 Å². The van der Waals surface area contributed by atoms with E-state index in [0.717, 1.165) is 25.5 Å². The van der Waals surface area contributed by atoms with Crippen LogP contribution >= 0.6 is 0 Å². The number of carboxylic acid groups (broad SMARTS) is 1. The molecule has 0 saturated heterocycles. The second-order valence-electron chi connectivity index (χ2n) is 3.15. The minimum Gasteiger partial charge on any atom is -0.481 e. The topological polar surface area (TPSA) is 54.4 Å². The smallest absolute Gasteiger partial charge is 0.303 e. The summed E-state index contributed by atoms with van der Waals surface area (Å²) in [6.45, 7) is 1.93.